The number of thiophene rings is 1. The lowest BCUT2D eigenvalue weighted by Gasteiger charge is -2.25. The molecule has 0 atom stereocenters. The summed E-state index contributed by atoms with van der Waals surface area (Å²) in [6.45, 7) is 2.12. The molecule has 1 aromatic carbocycles. The Bertz CT molecular complexity index is 967. The first kappa shape index (κ1) is 19.6. The van der Waals surface area contributed by atoms with E-state index in [4.69, 9.17) is 9.47 Å². The highest BCUT2D eigenvalue weighted by atomic mass is 32.2. The number of nitrogens with zero attached hydrogens (tertiary/aromatic N) is 1. The Hall–Kier alpha value is -1.75. The van der Waals surface area contributed by atoms with Crippen molar-refractivity contribution in [2.24, 2.45) is 0 Å². The molecular weight excluding hydrogens is 420 g/mol. The highest BCUT2D eigenvalue weighted by Gasteiger charge is 2.31. The summed E-state index contributed by atoms with van der Waals surface area (Å²) in [5, 5.41) is 4.46. The fourth-order valence-electron chi connectivity index (χ4n) is 3.12. The second-order valence-corrected chi connectivity index (χ2v) is 10.3. The third-order valence-electron chi connectivity index (χ3n) is 4.51. The molecule has 2 aromatic rings. The zero-order valence-electron chi connectivity index (χ0n) is 15.0. The molecule has 1 saturated heterocycles. The predicted molar refractivity (Wildman–Crippen MR) is 109 cm³/mol. The molecular formula is C18H20N2O5S3. The summed E-state index contributed by atoms with van der Waals surface area (Å²) in [5.41, 5.74) is 0.791. The molecule has 0 bridgehead atoms. The van der Waals surface area contributed by atoms with Gasteiger partial charge in [0, 0.05) is 36.7 Å². The molecule has 0 saturated carbocycles. The van der Waals surface area contributed by atoms with Crippen molar-refractivity contribution in [3.8, 4) is 11.5 Å². The van der Waals surface area contributed by atoms with Gasteiger partial charge in [-0.1, -0.05) is 12.1 Å². The highest BCUT2D eigenvalue weighted by molar-refractivity contribution is 7.99. The van der Waals surface area contributed by atoms with E-state index >= 15 is 0 Å². The number of fused-ring (bicyclic) bond motifs is 1. The zero-order valence-corrected chi connectivity index (χ0v) is 17.5. The maximum Gasteiger partial charge on any atom is 0.263 e. The minimum absolute atomic E-state index is 0.0802. The molecule has 4 rings (SSSR count). The Morgan fingerprint density at radius 2 is 1.93 bits per heavy atom. The summed E-state index contributed by atoms with van der Waals surface area (Å²) < 4.78 is 38.6. The van der Waals surface area contributed by atoms with E-state index in [2.05, 4.69) is 5.32 Å². The Labute approximate surface area is 172 Å². The third-order valence-corrected chi connectivity index (χ3v) is 8.44. The second kappa shape index (κ2) is 8.32. The van der Waals surface area contributed by atoms with Gasteiger partial charge in [0.25, 0.3) is 5.91 Å². The number of para-hydroxylation sites is 1. The number of carbonyl (C=O) groups excluding carboxylic acids is 1. The van der Waals surface area contributed by atoms with E-state index < -0.39 is 15.9 Å². The van der Waals surface area contributed by atoms with Crippen molar-refractivity contribution >= 4 is 39.0 Å². The Morgan fingerprint density at radius 1 is 1.14 bits per heavy atom. The Kier molecular flexibility index (Phi) is 5.81. The van der Waals surface area contributed by atoms with Crippen LogP contribution in [0.3, 0.4) is 0 Å². The molecule has 1 N–H and O–H groups in total. The second-order valence-electron chi connectivity index (χ2n) is 6.25. The monoisotopic (exact) mass is 440 g/mol. The maximum atomic E-state index is 12.9. The average molecular weight is 441 g/mol. The first-order valence-corrected chi connectivity index (χ1v) is 12.4. The fourth-order valence-corrected chi connectivity index (χ4v) is 7.01. The molecule has 0 spiro atoms. The van der Waals surface area contributed by atoms with Crippen molar-refractivity contribution in [2.75, 3.05) is 37.8 Å². The molecule has 0 aliphatic carbocycles. The lowest BCUT2D eigenvalue weighted by molar-refractivity contribution is 0.0951. The van der Waals surface area contributed by atoms with Crippen molar-refractivity contribution in [1.29, 1.82) is 0 Å². The Balaban J connectivity index is 1.50. The minimum atomic E-state index is -3.67. The topological polar surface area (TPSA) is 84.9 Å². The summed E-state index contributed by atoms with van der Waals surface area (Å²) in [6, 6.07) is 7.02. The molecule has 1 aromatic heterocycles. The van der Waals surface area contributed by atoms with Gasteiger partial charge in [-0.25, -0.2) is 8.42 Å². The van der Waals surface area contributed by atoms with Gasteiger partial charge in [0.05, 0.1) is 0 Å². The van der Waals surface area contributed by atoms with Gasteiger partial charge < -0.3 is 14.8 Å². The third kappa shape index (κ3) is 3.86. The van der Waals surface area contributed by atoms with Gasteiger partial charge in [-0.05, 0) is 17.5 Å². The van der Waals surface area contributed by atoms with Crippen LogP contribution in [0.25, 0.3) is 0 Å². The lowest BCUT2D eigenvalue weighted by Crippen LogP contribution is -2.38. The zero-order chi connectivity index (χ0) is 19.6. The number of thioether (sulfide) groups is 1. The van der Waals surface area contributed by atoms with E-state index in [0.29, 0.717) is 37.8 Å². The van der Waals surface area contributed by atoms with Crippen LogP contribution in [-0.4, -0.2) is 56.4 Å². The number of amides is 1. The van der Waals surface area contributed by atoms with Crippen LogP contribution in [0.2, 0.25) is 0 Å². The number of benzene rings is 1. The molecule has 1 fully saturated rings. The number of hydrogen-bond donors (Lipinski definition) is 1. The highest BCUT2D eigenvalue weighted by Crippen LogP contribution is 2.33. The molecule has 0 unspecified atom stereocenters. The van der Waals surface area contributed by atoms with E-state index in [1.54, 1.807) is 17.1 Å². The van der Waals surface area contributed by atoms with Crippen LogP contribution in [0.15, 0.2) is 34.5 Å². The number of nitrogens with one attached hydrogen (secondary N) is 1. The van der Waals surface area contributed by atoms with Gasteiger partial charge in [-0.15, -0.1) is 11.3 Å². The summed E-state index contributed by atoms with van der Waals surface area (Å²) >= 11 is 2.87. The van der Waals surface area contributed by atoms with Crippen LogP contribution in [0, 0.1) is 0 Å². The fraction of sp³-hybridized carbons (Fsp3) is 0.389. The maximum absolute atomic E-state index is 12.9. The SMILES string of the molecule is O=C(NCc1cccc2c1OCCO2)c1sccc1S(=O)(=O)N1CCSCC1. The van der Waals surface area contributed by atoms with E-state index in [-0.39, 0.29) is 16.3 Å². The summed E-state index contributed by atoms with van der Waals surface area (Å²) in [5.74, 6) is 2.41. The van der Waals surface area contributed by atoms with E-state index in [0.717, 1.165) is 28.4 Å². The smallest absolute Gasteiger partial charge is 0.263 e. The molecule has 1 amide bonds. The van der Waals surface area contributed by atoms with Gasteiger partial charge in [-0.3, -0.25) is 4.79 Å². The summed E-state index contributed by atoms with van der Waals surface area (Å²) in [6.07, 6.45) is 0. The lowest BCUT2D eigenvalue weighted by atomic mass is 10.1. The van der Waals surface area contributed by atoms with Crippen molar-refractivity contribution in [2.45, 2.75) is 11.4 Å². The van der Waals surface area contributed by atoms with Crippen molar-refractivity contribution < 1.29 is 22.7 Å². The molecule has 3 heterocycles. The molecule has 150 valence electrons. The Morgan fingerprint density at radius 3 is 2.75 bits per heavy atom. The van der Waals surface area contributed by atoms with Gasteiger partial charge in [0.2, 0.25) is 10.0 Å². The average Bonchev–Trinajstić information content (AvgIpc) is 3.23. The number of ether oxygens (including phenoxy) is 2. The molecule has 2 aliphatic rings. The summed E-state index contributed by atoms with van der Waals surface area (Å²) in [4.78, 5) is 13.0. The number of sulfonamides is 1. The van der Waals surface area contributed by atoms with Crippen molar-refractivity contribution in [3.05, 3.63) is 40.1 Å². The predicted octanol–water partition coefficient (Wildman–Crippen LogP) is 2.19. The number of hydrogen-bond acceptors (Lipinski definition) is 7. The van der Waals surface area contributed by atoms with Crippen LogP contribution in [-0.2, 0) is 16.6 Å². The van der Waals surface area contributed by atoms with Gasteiger partial charge in [0.15, 0.2) is 11.5 Å². The van der Waals surface area contributed by atoms with E-state index in [1.165, 1.54) is 10.4 Å². The first-order chi connectivity index (χ1) is 13.6. The number of rotatable bonds is 5. The van der Waals surface area contributed by atoms with Gasteiger partial charge >= 0.3 is 0 Å². The van der Waals surface area contributed by atoms with Gasteiger partial charge in [-0.2, -0.15) is 16.1 Å². The normalized spacial score (nSPS) is 17.3. The van der Waals surface area contributed by atoms with Crippen molar-refractivity contribution in [3.63, 3.8) is 0 Å². The number of carbonyl (C=O) groups is 1. The molecule has 0 radical (unpaired) electrons. The molecule has 10 heteroatoms. The van der Waals surface area contributed by atoms with Crippen LogP contribution >= 0.6 is 23.1 Å². The standard InChI is InChI=1S/C18H20N2O5S3/c21-18(19-12-13-2-1-3-14-16(13)25-8-7-24-14)17-15(4-9-27-17)28(22,23)20-5-10-26-11-6-20/h1-4,9H,5-8,10-12H2,(H,19,21). The van der Waals surface area contributed by atoms with Crippen LogP contribution in [0.1, 0.15) is 15.2 Å². The van der Waals surface area contributed by atoms with Crippen molar-refractivity contribution in [1.82, 2.24) is 9.62 Å². The molecule has 2 aliphatic heterocycles. The largest absolute Gasteiger partial charge is 0.486 e. The first-order valence-electron chi connectivity index (χ1n) is 8.88. The summed E-state index contributed by atoms with van der Waals surface area (Å²) in [7, 11) is -3.67. The van der Waals surface area contributed by atoms with Crippen LogP contribution in [0.5, 0.6) is 11.5 Å². The quantitative estimate of drug-likeness (QED) is 0.767. The minimum Gasteiger partial charge on any atom is -0.486 e. The van der Waals surface area contributed by atoms with E-state index in [1.807, 2.05) is 18.2 Å². The van der Waals surface area contributed by atoms with Gasteiger partial charge in [0.1, 0.15) is 23.0 Å². The van der Waals surface area contributed by atoms with E-state index in [9.17, 15) is 13.2 Å². The molecule has 7 nitrogen and oxygen atoms in total. The molecule has 28 heavy (non-hydrogen) atoms. The van der Waals surface area contributed by atoms with Crippen LogP contribution < -0.4 is 14.8 Å². The van der Waals surface area contributed by atoms with Crippen LogP contribution in [0.4, 0.5) is 0 Å².